The molecule has 0 aliphatic carbocycles. The fourth-order valence-corrected chi connectivity index (χ4v) is 0.799. The number of hydrogen-bond acceptors (Lipinski definition) is 3. The van der Waals surface area contributed by atoms with Crippen LogP contribution in [-0.2, 0) is 21.4 Å². The van der Waals surface area contributed by atoms with Gasteiger partial charge in [-0.15, -0.1) is 0 Å². The summed E-state index contributed by atoms with van der Waals surface area (Å²) in [4.78, 5) is 9.67. The van der Waals surface area contributed by atoms with E-state index in [1.54, 1.807) is 12.1 Å². The zero-order chi connectivity index (χ0) is 11.3. The highest BCUT2D eigenvalue weighted by Crippen LogP contribution is 2.09. The number of halogens is 1. The van der Waals surface area contributed by atoms with E-state index in [0.29, 0.717) is 0 Å². The molecule has 1 rings (SSSR count). The van der Waals surface area contributed by atoms with Gasteiger partial charge in [-0.3, -0.25) is 0 Å². The Morgan fingerprint density at radius 1 is 1.13 bits per heavy atom. The summed E-state index contributed by atoms with van der Waals surface area (Å²) in [5, 5.41) is 4.54. The third kappa shape index (κ3) is 5.47. The third-order valence-electron chi connectivity index (χ3n) is 1.47. The molecule has 0 amide bonds. The molecule has 0 heterocycles. The van der Waals surface area contributed by atoms with E-state index in [9.17, 15) is 4.39 Å². The summed E-state index contributed by atoms with van der Waals surface area (Å²) in [5.74, 6) is -0.273. The maximum Gasteiger partial charge on any atom is 0.123 e. The third-order valence-corrected chi connectivity index (χ3v) is 1.47. The Labute approximate surface area is 88.6 Å². The van der Waals surface area contributed by atoms with Crippen LogP contribution in [-0.4, -0.2) is 5.60 Å². The highest BCUT2D eigenvalue weighted by atomic mass is 19.1. The SMILES string of the molecule is CC(C)(C)OOOCc1ccc(F)cc1. The molecule has 84 valence electrons. The Bertz CT molecular complexity index is 290. The van der Waals surface area contributed by atoms with E-state index in [2.05, 4.69) is 5.04 Å². The van der Waals surface area contributed by atoms with Gasteiger partial charge in [0.25, 0.3) is 0 Å². The van der Waals surface area contributed by atoms with Crippen LogP contribution in [0.2, 0.25) is 0 Å². The summed E-state index contributed by atoms with van der Waals surface area (Å²) in [6.07, 6.45) is 0. The molecular formula is C11H15FO3. The van der Waals surface area contributed by atoms with Crippen molar-refractivity contribution in [3.8, 4) is 0 Å². The zero-order valence-electron chi connectivity index (χ0n) is 9.12. The number of benzene rings is 1. The second-order valence-corrected chi connectivity index (χ2v) is 4.15. The molecule has 1 aromatic carbocycles. The predicted molar refractivity (Wildman–Crippen MR) is 53.1 cm³/mol. The molecule has 4 heteroatoms. The van der Waals surface area contributed by atoms with Crippen molar-refractivity contribution in [3.63, 3.8) is 0 Å². The minimum atomic E-state index is -0.414. The quantitative estimate of drug-likeness (QED) is 0.438. The van der Waals surface area contributed by atoms with Gasteiger partial charge in [-0.1, -0.05) is 17.2 Å². The van der Waals surface area contributed by atoms with Gasteiger partial charge in [-0.05, 0) is 38.5 Å². The van der Waals surface area contributed by atoms with Gasteiger partial charge in [-0.2, -0.15) is 0 Å². The van der Waals surface area contributed by atoms with Gasteiger partial charge in [0.05, 0.1) is 5.60 Å². The molecule has 0 atom stereocenters. The van der Waals surface area contributed by atoms with E-state index >= 15 is 0 Å². The van der Waals surface area contributed by atoms with E-state index in [1.807, 2.05) is 20.8 Å². The second-order valence-electron chi connectivity index (χ2n) is 4.15. The average Bonchev–Trinajstić information content (AvgIpc) is 2.14. The Morgan fingerprint density at radius 2 is 1.73 bits per heavy atom. The highest BCUT2D eigenvalue weighted by molar-refractivity contribution is 5.14. The molecule has 0 N–H and O–H groups in total. The van der Waals surface area contributed by atoms with Crippen molar-refractivity contribution in [2.75, 3.05) is 0 Å². The lowest BCUT2D eigenvalue weighted by Gasteiger charge is -2.15. The smallest absolute Gasteiger partial charge is 0.123 e. The van der Waals surface area contributed by atoms with Crippen LogP contribution < -0.4 is 0 Å². The molecule has 0 bridgehead atoms. The molecular weight excluding hydrogens is 199 g/mol. The summed E-state index contributed by atoms with van der Waals surface area (Å²) in [6.45, 7) is 5.74. The van der Waals surface area contributed by atoms with Crippen LogP contribution in [0, 0.1) is 5.82 Å². The van der Waals surface area contributed by atoms with E-state index in [1.165, 1.54) is 12.1 Å². The standard InChI is InChI=1S/C11H15FO3/c1-11(2,3)14-15-13-8-9-4-6-10(12)7-5-9/h4-7H,8H2,1-3H3. The van der Waals surface area contributed by atoms with Gasteiger partial charge in [0, 0.05) is 0 Å². The van der Waals surface area contributed by atoms with E-state index in [4.69, 9.17) is 9.78 Å². The van der Waals surface area contributed by atoms with Crippen LogP contribution in [0.4, 0.5) is 4.39 Å². The summed E-state index contributed by atoms with van der Waals surface area (Å²) < 4.78 is 12.5. The molecule has 0 aromatic heterocycles. The lowest BCUT2D eigenvalue weighted by Crippen LogP contribution is -2.19. The van der Waals surface area contributed by atoms with Gasteiger partial charge in [0.1, 0.15) is 12.4 Å². The van der Waals surface area contributed by atoms with Gasteiger partial charge < -0.3 is 0 Å². The lowest BCUT2D eigenvalue weighted by atomic mass is 10.2. The molecule has 1 aromatic rings. The molecule has 0 spiro atoms. The first-order valence-corrected chi connectivity index (χ1v) is 4.69. The maximum absolute atomic E-state index is 12.5. The maximum atomic E-state index is 12.5. The number of rotatable bonds is 4. The normalized spacial score (nSPS) is 11.7. The predicted octanol–water partition coefficient (Wildman–Crippen LogP) is 3.00. The summed E-state index contributed by atoms with van der Waals surface area (Å²) in [5.41, 5.74) is 0.400. The monoisotopic (exact) mass is 214 g/mol. The minimum absolute atomic E-state index is 0.219. The van der Waals surface area contributed by atoms with Crippen molar-refractivity contribution in [3.05, 3.63) is 35.6 Å². The lowest BCUT2D eigenvalue weighted by molar-refractivity contribution is -0.543. The molecule has 15 heavy (non-hydrogen) atoms. The Hall–Kier alpha value is -0.970. The Balaban J connectivity index is 2.23. The molecule has 0 unspecified atom stereocenters. The van der Waals surface area contributed by atoms with Crippen LogP contribution >= 0.6 is 0 Å². The molecule has 3 nitrogen and oxygen atoms in total. The fourth-order valence-electron chi connectivity index (χ4n) is 0.799. The molecule has 0 radical (unpaired) electrons. The fraction of sp³-hybridized carbons (Fsp3) is 0.455. The van der Waals surface area contributed by atoms with Gasteiger partial charge in [-0.25, -0.2) is 14.2 Å². The van der Waals surface area contributed by atoms with E-state index in [0.717, 1.165) is 5.56 Å². The molecule has 0 fully saturated rings. The topological polar surface area (TPSA) is 27.7 Å². The number of hydrogen-bond donors (Lipinski definition) is 0. The minimum Gasteiger partial charge on any atom is -0.207 e. The Kier molecular flexibility index (Phi) is 4.20. The van der Waals surface area contributed by atoms with Crippen LogP contribution in [0.5, 0.6) is 0 Å². The average molecular weight is 214 g/mol. The van der Waals surface area contributed by atoms with Crippen molar-refractivity contribution < 1.29 is 19.2 Å². The first-order valence-electron chi connectivity index (χ1n) is 4.69. The van der Waals surface area contributed by atoms with Crippen molar-refractivity contribution in [1.82, 2.24) is 0 Å². The second kappa shape index (κ2) is 5.21. The van der Waals surface area contributed by atoms with E-state index in [-0.39, 0.29) is 12.4 Å². The summed E-state index contributed by atoms with van der Waals surface area (Å²) in [6, 6.07) is 5.97. The van der Waals surface area contributed by atoms with Crippen molar-refractivity contribution >= 4 is 0 Å². The van der Waals surface area contributed by atoms with Gasteiger partial charge in [0.15, 0.2) is 0 Å². The Morgan fingerprint density at radius 3 is 2.27 bits per heavy atom. The van der Waals surface area contributed by atoms with Crippen LogP contribution in [0.15, 0.2) is 24.3 Å². The van der Waals surface area contributed by atoms with Gasteiger partial charge in [0.2, 0.25) is 0 Å². The molecule has 0 saturated heterocycles. The van der Waals surface area contributed by atoms with Crippen LogP contribution in [0.1, 0.15) is 26.3 Å². The first kappa shape index (κ1) is 12.1. The van der Waals surface area contributed by atoms with Crippen molar-refractivity contribution in [2.24, 2.45) is 0 Å². The van der Waals surface area contributed by atoms with Crippen molar-refractivity contribution in [1.29, 1.82) is 0 Å². The largest absolute Gasteiger partial charge is 0.207 e. The molecule has 0 aliphatic rings. The summed E-state index contributed by atoms with van der Waals surface area (Å²) >= 11 is 0. The molecule has 0 aliphatic heterocycles. The van der Waals surface area contributed by atoms with E-state index < -0.39 is 5.60 Å². The zero-order valence-corrected chi connectivity index (χ0v) is 9.12. The van der Waals surface area contributed by atoms with Gasteiger partial charge >= 0.3 is 0 Å². The molecule has 0 saturated carbocycles. The summed E-state index contributed by atoms with van der Waals surface area (Å²) in [7, 11) is 0. The van der Waals surface area contributed by atoms with Crippen LogP contribution in [0.3, 0.4) is 0 Å². The highest BCUT2D eigenvalue weighted by Gasteiger charge is 2.11. The van der Waals surface area contributed by atoms with Crippen LogP contribution in [0.25, 0.3) is 0 Å². The first-order chi connectivity index (χ1) is 6.97. The van der Waals surface area contributed by atoms with Crippen molar-refractivity contribution in [2.45, 2.75) is 33.0 Å².